The van der Waals surface area contributed by atoms with Crippen LogP contribution in [-0.4, -0.2) is 11.8 Å². The molecule has 5 heteroatoms. The van der Waals surface area contributed by atoms with Crippen molar-refractivity contribution >= 4 is 11.8 Å². The van der Waals surface area contributed by atoms with Crippen molar-refractivity contribution in [3.8, 4) is 0 Å². The summed E-state index contributed by atoms with van der Waals surface area (Å²) in [6.07, 6.45) is -0.000278. The van der Waals surface area contributed by atoms with E-state index in [1.807, 2.05) is 0 Å². The van der Waals surface area contributed by atoms with Gasteiger partial charge in [0.2, 0.25) is 0 Å². The third-order valence-corrected chi connectivity index (χ3v) is 2.37. The molecule has 0 aromatic carbocycles. The molecule has 1 saturated heterocycles. The maximum atomic E-state index is 10.3. The van der Waals surface area contributed by atoms with Gasteiger partial charge in [-0.15, -0.1) is 0 Å². The summed E-state index contributed by atoms with van der Waals surface area (Å²) in [6, 6.07) is 0. The van der Waals surface area contributed by atoms with Crippen LogP contribution < -0.4 is 28.8 Å². The molecule has 0 aliphatic carbocycles. The van der Waals surface area contributed by atoms with Crippen molar-refractivity contribution in [3.05, 3.63) is 0 Å². The molecule has 1 aliphatic heterocycles. The van der Waals surface area contributed by atoms with E-state index in [0.29, 0.717) is 0 Å². The molecule has 0 atom stereocenters. The van der Waals surface area contributed by atoms with Gasteiger partial charge >= 0.3 is 56.6 Å². The van der Waals surface area contributed by atoms with Gasteiger partial charge in [0.1, 0.15) is 0 Å². The molecule has 0 saturated carbocycles. The van der Waals surface area contributed by atoms with Gasteiger partial charge in [0, 0.05) is 0 Å². The predicted octanol–water partition coefficient (Wildman–Crippen LogP) is -4.46. The van der Waals surface area contributed by atoms with Crippen LogP contribution in [0, 0.1) is 0 Å². The summed E-state index contributed by atoms with van der Waals surface area (Å²) in [5, 5.41) is 0. The number of carbonyl (C=O) groups excluding carboxylic acids is 2. The van der Waals surface area contributed by atoms with E-state index in [1.54, 1.807) is 0 Å². The van der Waals surface area contributed by atoms with E-state index in [-0.39, 0.29) is 18.2 Å². The fourth-order valence-electron chi connectivity index (χ4n) is 0.342. The van der Waals surface area contributed by atoms with Crippen LogP contribution in [0.3, 0.4) is 0 Å². The molecule has 0 spiro atoms. The Kier molecular flexibility index (Phi) is 1.66. The van der Waals surface area contributed by atoms with Crippen molar-refractivity contribution < 1.29 is 31.3 Å². The predicted molar refractivity (Wildman–Crippen MR) is 20.9 cm³/mol. The van der Waals surface area contributed by atoms with Crippen LogP contribution >= 0.6 is 0 Å². The van der Waals surface area contributed by atoms with E-state index in [0.717, 1.165) is 0 Å². The van der Waals surface area contributed by atoms with E-state index < -0.39 is 21.8 Å². The van der Waals surface area contributed by atoms with Crippen molar-refractivity contribution in [2.24, 2.45) is 0 Å². The molecule has 4 nitrogen and oxygen atoms in total. The molecule has 1 fully saturated rings. The summed E-state index contributed by atoms with van der Waals surface area (Å²) in [6.45, 7) is 0. The molecule has 2 amide bonds. The fraction of sp³-hybridized carbons (Fsp3) is 0.333. The Morgan fingerprint density at radius 2 is 1.75 bits per heavy atom. The van der Waals surface area contributed by atoms with Crippen LogP contribution in [0.2, 0.25) is 0 Å². The Bertz CT molecular complexity index is 121. The molecule has 8 heavy (non-hydrogen) atoms. The first-order chi connectivity index (χ1) is 3.79. The maximum absolute atomic E-state index is 10.3. The van der Waals surface area contributed by atoms with Gasteiger partial charge < -0.3 is 0 Å². The van der Waals surface area contributed by atoms with Gasteiger partial charge in [-0.1, -0.05) is 0 Å². The first-order valence-corrected chi connectivity index (χ1v) is 4.15. The Hall–Kier alpha value is -0.330. The topological polar surface area (TPSA) is 58.2 Å². The molecular weight excluding hydrogens is 223 g/mol. The number of hydrogen-bond acceptors (Lipinski definition) is 2. The van der Waals surface area contributed by atoms with E-state index >= 15 is 0 Å². The average Bonchev–Trinajstić information content (AvgIpc) is 1.64. The molecule has 0 radical (unpaired) electrons. The monoisotopic (exact) mass is 227 g/mol. The molecule has 1 rings (SSSR count). The van der Waals surface area contributed by atoms with E-state index in [9.17, 15) is 9.59 Å². The van der Waals surface area contributed by atoms with E-state index in [2.05, 4.69) is 7.06 Å². The van der Waals surface area contributed by atoms with Crippen LogP contribution in [0.25, 0.3) is 0 Å². The van der Waals surface area contributed by atoms with E-state index in [1.165, 1.54) is 0 Å². The quantitative estimate of drug-likeness (QED) is 0.249. The number of rotatable bonds is 0. The van der Waals surface area contributed by atoms with Crippen molar-refractivity contribution in [2.75, 3.05) is 0 Å². The normalized spacial score (nSPS) is 20.5. The van der Waals surface area contributed by atoms with Crippen LogP contribution in [0.1, 0.15) is 6.42 Å². The minimum absolute atomic E-state index is 0.000278. The second-order valence-electron chi connectivity index (χ2n) is 1.31. The Labute approximate surface area is 57.0 Å². The molecule has 0 unspecified atom stereocenters. The van der Waals surface area contributed by atoms with Crippen LogP contribution in [-0.2, 0) is 9.59 Å². The first kappa shape index (κ1) is 5.80. The van der Waals surface area contributed by atoms with E-state index in [4.69, 9.17) is 0 Å². The van der Waals surface area contributed by atoms with Gasteiger partial charge in [-0.2, -0.15) is 0 Å². The molecule has 1 aliphatic rings. The van der Waals surface area contributed by atoms with Crippen molar-refractivity contribution in [1.82, 2.24) is 7.06 Å². The second-order valence-corrected chi connectivity index (χ2v) is 2.92. The van der Waals surface area contributed by atoms with Gasteiger partial charge in [-0.25, -0.2) is 0 Å². The van der Waals surface area contributed by atoms with Crippen molar-refractivity contribution in [3.63, 3.8) is 0 Å². The molecular formula is C3H4IN2O2-. The summed E-state index contributed by atoms with van der Waals surface area (Å²) in [5.74, 6) is -0.303. The number of halogens is 1. The number of nitrogens with one attached hydrogen (secondary N) is 2. The minimum atomic E-state index is -0.565. The molecule has 1 heterocycles. The van der Waals surface area contributed by atoms with Crippen LogP contribution in [0.5, 0.6) is 0 Å². The van der Waals surface area contributed by atoms with Gasteiger partial charge in [-0.05, 0) is 0 Å². The molecule has 2 N–H and O–H groups in total. The first-order valence-electron chi connectivity index (χ1n) is 1.99. The van der Waals surface area contributed by atoms with Crippen LogP contribution in [0.4, 0.5) is 0 Å². The van der Waals surface area contributed by atoms with Crippen molar-refractivity contribution in [1.29, 1.82) is 0 Å². The molecule has 0 aromatic heterocycles. The zero-order valence-corrected chi connectivity index (χ0v) is 6.06. The Balaban J connectivity index is 2.45. The summed E-state index contributed by atoms with van der Waals surface area (Å²) < 4.78 is 5.10. The summed E-state index contributed by atoms with van der Waals surface area (Å²) in [4.78, 5) is 20.7. The molecule has 46 valence electrons. The summed E-state index contributed by atoms with van der Waals surface area (Å²) in [5.41, 5.74) is 0. The summed E-state index contributed by atoms with van der Waals surface area (Å²) >= 11 is -0.565. The second kappa shape index (κ2) is 2.29. The zero-order valence-electron chi connectivity index (χ0n) is 3.90. The zero-order chi connectivity index (χ0) is 5.98. The van der Waals surface area contributed by atoms with Crippen LogP contribution in [0.15, 0.2) is 0 Å². The fourth-order valence-corrected chi connectivity index (χ4v) is 1.46. The summed E-state index contributed by atoms with van der Waals surface area (Å²) in [7, 11) is 0. The van der Waals surface area contributed by atoms with Gasteiger partial charge in [0.25, 0.3) is 0 Å². The third kappa shape index (κ3) is 1.32. The Morgan fingerprint density at radius 3 is 2.00 bits per heavy atom. The van der Waals surface area contributed by atoms with Gasteiger partial charge in [0.05, 0.1) is 0 Å². The number of carbonyl (C=O) groups is 2. The third-order valence-electron chi connectivity index (χ3n) is 0.626. The SMILES string of the molecule is O=C1CC(=O)N[I-]N1. The standard InChI is InChI=1S/C3H4IN2O2/c7-2-1-3(8)6-4-5-2/h1H2,(H,5,7)(H,6,8)/q-1. The Morgan fingerprint density at radius 1 is 1.25 bits per heavy atom. The van der Waals surface area contributed by atoms with Crippen molar-refractivity contribution in [2.45, 2.75) is 6.42 Å². The number of hydrogen-bond donors (Lipinski definition) is 2. The number of amides is 2. The van der Waals surface area contributed by atoms with Gasteiger partial charge in [-0.3, -0.25) is 0 Å². The average molecular weight is 227 g/mol. The molecule has 0 bridgehead atoms. The van der Waals surface area contributed by atoms with Gasteiger partial charge in [0.15, 0.2) is 0 Å². The molecule has 0 aromatic rings.